The van der Waals surface area contributed by atoms with Gasteiger partial charge in [-0.15, -0.1) is 28.7 Å². The highest BCUT2D eigenvalue weighted by molar-refractivity contribution is 7.21. The van der Waals surface area contributed by atoms with Crippen molar-refractivity contribution in [3.8, 4) is 0 Å². The predicted molar refractivity (Wildman–Crippen MR) is 89.2 cm³/mol. The van der Waals surface area contributed by atoms with Crippen LogP contribution in [0.25, 0.3) is 0 Å². The second-order valence-corrected chi connectivity index (χ2v) is 23.8. The fourth-order valence-electron chi connectivity index (χ4n) is 1.74. The largest absolute Gasteiger partial charge is 0.425 e. The summed E-state index contributed by atoms with van der Waals surface area (Å²) < 4.78 is 18.0. The van der Waals surface area contributed by atoms with Crippen molar-refractivity contribution in [3.05, 3.63) is 12.3 Å². The van der Waals surface area contributed by atoms with Crippen LogP contribution in [0.5, 0.6) is 0 Å². The molecule has 1 atom stereocenters. The Kier molecular flexibility index (Phi) is 6.60. The highest BCUT2D eigenvalue weighted by atomic mass is 35.6. The molecule has 108 valence electrons. The Labute approximate surface area is 125 Å². The molecule has 0 aromatic carbocycles. The zero-order chi connectivity index (χ0) is 14.8. The van der Waals surface area contributed by atoms with Crippen molar-refractivity contribution < 1.29 is 12.3 Å². The number of rotatable bonds is 7. The van der Waals surface area contributed by atoms with Crippen molar-refractivity contribution in [1.82, 2.24) is 0 Å². The molecule has 0 N–H and O–H groups in total. The summed E-state index contributed by atoms with van der Waals surface area (Å²) in [5.41, 5.74) is 1.70. The first-order valence-corrected chi connectivity index (χ1v) is 18.9. The molecule has 0 heterocycles. The van der Waals surface area contributed by atoms with Crippen LogP contribution in [0.15, 0.2) is 12.3 Å². The van der Waals surface area contributed by atoms with E-state index in [1.165, 1.54) is 0 Å². The minimum atomic E-state index is -2.35. The minimum absolute atomic E-state index is 1.70. The Bertz CT molecular complexity index is 303. The molecule has 0 spiro atoms. The molecular weight excluding hydrogens is 339 g/mol. The van der Waals surface area contributed by atoms with Gasteiger partial charge in [0.2, 0.25) is 0 Å². The van der Waals surface area contributed by atoms with E-state index in [2.05, 4.69) is 6.58 Å². The molecule has 0 rings (SSSR count). The molecule has 0 aromatic heterocycles. The molecule has 0 saturated heterocycles. The van der Waals surface area contributed by atoms with Gasteiger partial charge >= 0.3 is 24.7 Å². The summed E-state index contributed by atoms with van der Waals surface area (Å²) in [4.78, 5) is 0. The fraction of sp³-hybridized carbons (Fsp3) is 0.778. The molecule has 0 amide bonds. The van der Waals surface area contributed by atoms with Gasteiger partial charge in [-0.25, -0.2) is 0 Å². The molecule has 0 aliphatic rings. The normalized spacial score (nSPS) is 17.4. The summed E-state index contributed by atoms with van der Waals surface area (Å²) in [6.45, 7) is 17.4. The Morgan fingerprint density at radius 3 is 1.50 bits per heavy atom. The molecular formula is C9H24Cl2O3Si4. The van der Waals surface area contributed by atoms with E-state index >= 15 is 0 Å². The van der Waals surface area contributed by atoms with Gasteiger partial charge in [0.15, 0.2) is 0 Å². The predicted octanol–water partition coefficient (Wildman–Crippen LogP) is 4.42. The standard InChI is InChI=1S/C9H24Cl2O3Si4/c1-9-18(8,11)14-17(6,7)13-16(4,5)12-15(2,3)10/h9H,1H2,2-8H3. The smallest absolute Gasteiger partial charge is 0.313 e. The summed E-state index contributed by atoms with van der Waals surface area (Å²) in [5, 5.41) is 0. The molecule has 0 radical (unpaired) electrons. The van der Waals surface area contributed by atoms with Crippen molar-refractivity contribution in [2.24, 2.45) is 0 Å². The molecule has 0 bridgehead atoms. The maximum Gasteiger partial charge on any atom is 0.313 e. The lowest BCUT2D eigenvalue weighted by molar-refractivity contribution is 0.337. The third-order valence-electron chi connectivity index (χ3n) is 1.79. The Hall–Kier alpha value is 1.07. The van der Waals surface area contributed by atoms with Crippen LogP contribution in [-0.4, -0.2) is 32.4 Å². The first-order chi connectivity index (χ1) is 7.68. The summed E-state index contributed by atoms with van der Waals surface area (Å²) in [7, 11) is -9.11. The van der Waals surface area contributed by atoms with Gasteiger partial charge < -0.3 is 12.3 Å². The van der Waals surface area contributed by atoms with Gasteiger partial charge in [-0.2, -0.15) is 0 Å². The van der Waals surface area contributed by atoms with Crippen LogP contribution in [0.4, 0.5) is 0 Å². The number of halogens is 2. The van der Waals surface area contributed by atoms with Crippen LogP contribution in [0.1, 0.15) is 0 Å². The van der Waals surface area contributed by atoms with Gasteiger partial charge in [0.05, 0.1) is 0 Å². The first-order valence-electron chi connectivity index (χ1n) is 5.80. The van der Waals surface area contributed by atoms with Gasteiger partial charge in [0.1, 0.15) is 0 Å². The van der Waals surface area contributed by atoms with Crippen LogP contribution in [0.2, 0.25) is 45.8 Å². The number of hydrogen-bond donors (Lipinski definition) is 0. The lowest BCUT2D eigenvalue weighted by Gasteiger charge is -2.38. The monoisotopic (exact) mass is 362 g/mol. The SMILES string of the molecule is C=C[Si](C)(Cl)O[Si](C)(C)O[Si](C)(C)O[Si](C)(C)Cl. The van der Waals surface area contributed by atoms with E-state index in [-0.39, 0.29) is 0 Å². The maximum absolute atomic E-state index is 6.28. The third-order valence-corrected chi connectivity index (χ3v) is 15.8. The zero-order valence-electron chi connectivity index (χ0n) is 12.3. The molecule has 0 fully saturated rings. The average Bonchev–Trinajstić information content (AvgIpc) is 1.93. The lowest BCUT2D eigenvalue weighted by Crippen LogP contribution is -2.54. The third kappa shape index (κ3) is 9.05. The van der Waals surface area contributed by atoms with E-state index in [0.29, 0.717) is 0 Å². The molecule has 18 heavy (non-hydrogen) atoms. The quantitative estimate of drug-likeness (QED) is 0.495. The van der Waals surface area contributed by atoms with Crippen molar-refractivity contribution in [2.75, 3.05) is 0 Å². The second kappa shape index (κ2) is 6.23. The first kappa shape index (κ1) is 19.1. The van der Waals surface area contributed by atoms with Gasteiger partial charge in [-0.1, -0.05) is 5.70 Å². The van der Waals surface area contributed by atoms with Crippen LogP contribution in [0, 0.1) is 0 Å². The summed E-state index contributed by atoms with van der Waals surface area (Å²) in [6, 6.07) is 0. The topological polar surface area (TPSA) is 27.7 Å². The molecule has 0 aliphatic carbocycles. The lowest BCUT2D eigenvalue weighted by atomic mass is 11.3. The molecule has 0 aromatic rings. The highest BCUT2D eigenvalue weighted by Crippen LogP contribution is 2.26. The van der Waals surface area contributed by atoms with E-state index in [9.17, 15) is 0 Å². The molecule has 9 heteroatoms. The Morgan fingerprint density at radius 2 is 1.17 bits per heavy atom. The Balaban J connectivity index is 4.70. The van der Waals surface area contributed by atoms with E-state index in [1.807, 2.05) is 45.8 Å². The molecule has 1 unspecified atom stereocenters. The van der Waals surface area contributed by atoms with E-state index < -0.39 is 32.4 Å². The van der Waals surface area contributed by atoms with Crippen LogP contribution < -0.4 is 0 Å². The van der Waals surface area contributed by atoms with Crippen molar-refractivity contribution in [3.63, 3.8) is 0 Å². The average molecular weight is 364 g/mol. The van der Waals surface area contributed by atoms with E-state index in [4.69, 9.17) is 34.5 Å². The van der Waals surface area contributed by atoms with E-state index in [1.54, 1.807) is 5.70 Å². The van der Waals surface area contributed by atoms with Crippen LogP contribution in [0.3, 0.4) is 0 Å². The second-order valence-electron chi connectivity index (χ2n) is 5.66. The van der Waals surface area contributed by atoms with Gasteiger partial charge in [-0.05, 0) is 45.8 Å². The van der Waals surface area contributed by atoms with Crippen molar-refractivity contribution >= 4 is 54.5 Å². The number of hydrogen-bond acceptors (Lipinski definition) is 3. The summed E-state index contributed by atoms with van der Waals surface area (Å²) in [6.07, 6.45) is 0. The van der Waals surface area contributed by atoms with Crippen LogP contribution >= 0.6 is 22.2 Å². The summed E-state index contributed by atoms with van der Waals surface area (Å²) >= 11 is 12.5. The molecule has 0 saturated carbocycles. The van der Waals surface area contributed by atoms with Crippen molar-refractivity contribution in [1.29, 1.82) is 0 Å². The highest BCUT2D eigenvalue weighted by Gasteiger charge is 2.43. The van der Waals surface area contributed by atoms with Crippen molar-refractivity contribution in [2.45, 2.75) is 45.8 Å². The van der Waals surface area contributed by atoms with Crippen LogP contribution in [-0.2, 0) is 12.3 Å². The Morgan fingerprint density at radius 1 is 0.778 bits per heavy atom. The van der Waals surface area contributed by atoms with Gasteiger partial charge in [0.25, 0.3) is 7.63 Å². The maximum atomic E-state index is 6.28. The zero-order valence-corrected chi connectivity index (χ0v) is 17.8. The van der Waals surface area contributed by atoms with E-state index in [0.717, 1.165) is 0 Å². The minimum Gasteiger partial charge on any atom is -0.425 e. The fourth-order valence-corrected chi connectivity index (χ4v) is 19.8. The van der Waals surface area contributed by atoms with Gasteiger partial charge in [0, 0.05) is 0 Å². The molecule has 0 aliphatic heterocycles. The van der Waals surface area contributed by atoms with Gasteiger partial charge in [-0.3, -0.25) is 0 Å². The summed E-state index contributed by atoms with van der Waals surface area (Å²) in [5.74, 6) is 0. The molecule has 3 nitrogen and oxygen atoms in total.